The first-order valence-corrected chi connectivity index (χ1v) is 4.96. The Bertz CT molecular complexity index is 384. The summed E-state index contributed by atoms with van der Waals surface area (Å²) in [5.41, 5.74) is 5.81. The Labute approximate surface area is 88.2 Å². The quantitative estimate of drug-likeness (QED) is 0.731. The lowest BCUT2D eigenvalue weighted by atomic mass is 10.0. The maximum absolute atomic E-state index is 13.4. The van der Waals surface area contributed by atoms with Gasteiger partial charge in [0.2, 0.25) is 0 Å². The maximum atomic E-state index is 13.4. The third-order valence-electron chi connectivity index (χ3n) is 2.21. The molecule has 0 fully saturated rings. The van der Waals surface area contributed by atoms with E-state index in [-0.39, 0.29) is 5.56 Å². The third-order valence-corrected chi connectivity index (χ3v) is 2.80. The minimum absolute atomic E-state index is 0.128. The van der Waals surface area contributed by atoms with Gasteiger partial charge in [0.25, 0.3) is 0 Å². The highest BCUT2D eigenvalue weighted by Crippen LogP contribution is 2.39. The molecule has 2 N–H and O–H groups in total. The van der Waals surface area contributed by atoms with Crippen LogP contribution in [0, 0.1) is 11.6 Å². The van der Waals surface area contributed by atoms with Crippen molar-refractivity contribution in [2.75, 3.05) is 6.61 Å². The Morgan fingerprint density at radius 2 is 2.21 bits per heavy atom. The van der Waals surface area contributed by atoms with Crippen molar-refractivity contribution in [3.63, 3.8) is 0 Å². The monoisotopic (exact) mass is 263 g/mol. The van der Waals surface area contributed by atoms with Crippen molar-refractivity contribution < 1.29 is 13.5 Å². The summed E-state index contributed by atoms with van der Waals surface area (Å²) in [6.07, 6.45) is 0.500. The van der Waals surface area contributed by atoms with Crippen molar-refractivity contribution in [3.8, 4) is 5.75 Å². The molecule has 1 aliphatic heterocycles. The summed E-state index contributed by atoms with van der Waals surface area (Å²) in [4.78, 5) is 0. The van der Waals surface area contributed by atoms with E-state index >= 15 is 0 Å². The summed E-state index contributed by atoms with van der Waals surface area (Å²) in [6.45, 7) is 0.428. The first kappa shape index (κ1) is 9.86. The molecule has 1 aromatic rings. The molecule has 2 nitrogen and oxygen atoms in total. The van der Waals surface area contributed by atoms with Crippen molar-refractivity contribution in [1.82, 2.24) is 0 Å². The van der Waals surface area contributed by atoms with Gasteiger partial charge in [0.05, 0.1) is 16.6 Å². The Kier molecular flexibility index (Phi) is 2.45. The van der Waals surface area contributed by atoms with Gasteiger partial charge in [-0.15, -0.1) is 0 Å². The van der Waals surface area contributed by atoms with Crippen LogP contribution in [0.2, 0.25) is 0 Å². The van der Waals surface area contributed by atoms with Crippen LogP contribution >= 0.6 is 15.9 Å². The molecule has 0 bridgehead atoms. The molecule has 76 valence electrons. The van der Waals surface area contributed by atoms with Gasteiger partial charge in [-0.05, 0) is 22.0 Å². The average Bonchev–Trinajstić information content (AvgIpc) is 2.14. The van der Waals surface area contributed by atoms with E-state index in [1.807, 2.05) is 0 Å². The van der Waals surface area contributed by atoms with Gasteiger partial charge < -0.3 is 10.5 Å². The van der Waals surface area contributed by atoms with Crippen LogP contribution in [0.25, 0.3) is 0 Å². The molecule has 1 heterocycles. The minimum Gasteiger partial charge on any atom is -0.492 e. The van der Waals surface area contributed by atoms with E-state index in [4.69, 9.17) is 10.5 Å². The van der Waals surface area contributed by atoms with Gasteiger partial charge in [-0.2, -0.15) is 0 Å². The van der Waals surface area contributed by atoms with Gasteiger partial charge in [0.1, 0.15) is 5.75 Å². The number of ether oxygens (including phenoxy) is 1. The molecule has 0 saturated carbocycles. The highest BCUT2D eigenvalue weighted by Gasteiger charge is 2.26. The number of hydrogen-bond acceptors (Lipinski definition) is 2. The number of rotatable bonds is 0. The Hall–Kier alpha value is -0.680. The molecule has 0 saturated heterocycles. The van der Waals surface area contributed by atoms with E-state index < -0.39 is 17.7 Å². The number of halogens is 3. The lowest BCUT2D eigenvalue weighted by molar-refractivity contribution is 0.259. The van der Waals surface area contributed by atoms with Gasteiger partial charge in [0, 0.05) is 12.5 Å². The summed E-state index contributed by atoms with van der Waals surface area (Å²) < 4.78 is 32.0. The summed E-state index contributed by atoms with van der Waals surface area (Å²) in [5, 5.41) is 0. The van der Waals surface area contributed by atoms with Crippen molar-refractivity contribution in [2.24, 2.45) is 5.73 Å². The molecule has 2 rings (SSSR count). The maximum Gasteiger partial charge on any atom is 0.167 e. The van der Waals surface area contributed by atoms with Crippen LogP contribution in [-0.2, 0) is 0 Å². The van der Waals surface area contributed by atoms with Crippen LogP contribution in [0.5, 0.6) is 5.75 Å². The summed E-state index contributed by atoms with van der Waals surface area (Å²) in [5.74, 6) is -1.49. The van der Waals surface area contributed by atoms with E-state index in [2.05, 4.69) is 15.9 Å². The Balaban J connectivity index is 2.67. The fraction of sp³-hybridized carbons (Fsp3) is 0.333. The number of nitrogens with two attached hydrogens (primary N) is 1. The Morgan fingerprint density at radius 3 is 2.93 bits per heavy atom. The van der Waals surface area contributed by atoms with Gasteiger partial charge in [-0.3, -0.25) is 0 Å². The van der Waals surface area contributed by atoms with Crippen LogP contribution in [0.15, 0.2) is 10.5 Å². The van der Waals surface area contributed by atoms with Crippen LogP contribution < -0.4 is 10.5 Å². The second-order valence-corrected chi connectivity index (χ2v) is 3.99. The molecule has 5 heteroatoms. The van der Waals surface area contributed by atoms with Gasteiger partial charge in [-0.25, -0.2) is 8.78 Å². The van der Waals surface area contributed by atoms with Gasteiger partial charge in [0.15, 0.2) is 11.6 Å². The minimum atomic E-state index is -0.907. The summed E-state index contributed by atoms with van der Waals surface area (Å²) in [7, 11) is 0. The lowest BCUT2D eigenvalue weighted by Crippen LogP contribution is -2.22. The third kappa shape index (κ3) is 1.40. The zero-order valence-corrected chi connectivity index (χ0v) is 8.77. The molecule has 1 aliphatic rings. The largest absolute Gasteiger partial charge is 0.492 e. The molecule has 0 radical (unpaired) electrons. The zero-order valence-electron chi connectivity index (χ0n) is 7.19. The van der Waals surface area contributed by atoms with E-state index in [0.29, 0.717) is 23.2 Å². The molecular formula is C9H8BrF2NO. The first-order valence-electron chi connectivity index (χ1n) is 4.17. The van der Waals surface area contributed by atoms with Crippen LogP contribution in [0.3, 0.4) is 0 Å². The van der Waals surface area contributed by atoms with Gasteiger partial charge >= 0.3 is 0 Å². The fourth-order valence-electron chi connectivity index (χ4n) is 1.51. The van der Waals surface area contributed by atoms with Crippen molar-refractivity contribution in [3.05, 3.63) is 27.7 Å². The summed E-state index contributed by atoms with van der Waals surface area (Å²) >= 11 is 3.11. The SMILES string of the molecule is N[C@H]1CCOc2c(Br)cc(F)c(F)c21. The fourth-order valence-corrected chi connectivity index (χ4v) is 2.04. The topological polar surface area (TPSA) is 35.2 Å². The molecule has 0 aromatic heterocycles. The Morgan fingerprint density at radius 1 is 1.50 bits per heavy atom. The number of fused-ring (bicyclic) bond motifs is 1. The normalized spacial score (nSPS) is 20.1. The molecule has 1 atom stereocenters. The molecule has 0 spiro atoms. The van der Waals surface area contributed by atoms with E-state index in [9.17, 15) is 8.78 Å². The van der Waals surface area contributed by atoms with Crippen molar-refractivity contribution >= 4 is 15.9 Å². The van der Waals surface area contributed by atoms with E-state index in [0.717, 1.165) is 6.07 Å². The van der Waals surface area contributed by atoms with Crippen LogP contribution in [0.4, 0.5) is 8.78 Å². The predicted octanol–water partition coefficient (Wildman–Crippen LogP) is 2.51. The molecule has 0 amide bonds. The first-order chi connectivity index (χ1) is 6.61. The van der Waals surface area contributed by atoms with Gasteiger partial charge in [-0.1, -0.05) is 0 Å². The van der Waals surface area contributed by atoms with Crippen LogP contribution in [0.1, 0.15) is 18.0 Å². The van der Waals surface area contributed by atoms with Crippen molar-refractivity contribution in [2.45, 2.75) is 12.5 Å². The second-order valence-electron chi connectivity index (χ2n) is 3.14. The highest BCUT2D eigenvalue weighted by molar-refractivity contribution is 9.10. The molecule has 14 heavy (non-hydrogen) atoms. The summed E-state index contributed by atoms with van der Waals surface area (Å²) in [6, 6.07) is 0.553. The molecule has 1 aromatic carbocycles. The molecule has 0 unspecified atom stereocenters. The van der Waals surface area contributed by atoms with Crippen LogP contribution in [-0.4, -0.2) is 6.61 Å². The predicted molar refractivity (Wildman–Crippen MR) is 51.1 cm³/mol. The van der Waals surface area contributed by atoms with Crippen molar-refractivity contribution in [1.29, 1.82) is 0 Å². The molecular weight excluding hydrogens is 256 g/mol. The zero-order chi connectivity index (χ0) is 10.3. The number of benzene rings is 1. The number of hydrogen-bond donors (Lipinski definition) is 1. The van der Waals surface area contributed by atoms with E-state index in [1.165, 1.54) is 0 Å². The lowest BCUT2D eigenvalue weighted by Gasteiger charge is -2.24. The standard InChI is InChI=1S/C9H8BrF2NO/c10-4-3-5(11)8(12)7-6(13)1-2-14-9(4)7/h3,6H,1-2,13H2/t6-/m0/s1. The average molecular weight is 264 g/mol. The second kappa shape index (κ2) is 3.47. The van der Waals surface area contributed by atoms with E-state index in [1.54, 1.807) is 0 Å². The highest BCUT2D eigenvalue weighted by atomic mass is 79.9. The smallest absolute Gasteiger partial charge is 0.167 e. The molecule has 0 aliphatic carbocycles.